The van der Waals surface area contributed by atoms with Gasteiger partial charge in [-0.1, -0.05) is 34.1 Å². The van der Waals surface area contributed by atoms with E-state index in [4.69, 9.17) is 4.74 Å². The highest BCUT2D eigenvalue weighted by Gasteiger charge is 2.23. The number of methoxy groups -OCH3 is 1. The van der Waals surface area contributed by atoms with Crippen LogP contribution in [-0.2, 0) is 4.79 Å². The Hall–Kier alpha value is -2.01. The normalized spacial score (nSPS) is 11.7. The topological polar surface area (TPSA) is 58.6 Å². The zero-order chi connectivity index (χ0) is 14.5. The van der Waals surface area contributed by atoms with Crippen LogP contribution in [0.1, 0.15) is 11.6 Å². The molecule has 20 heavy (non-hydrogen) atoms. The van der Waals surface area contributed by atoms with Crippen molar-refractivity contribution >= 4 is 27.6 Å². The lowest BCUT2D eigenvalue weighted by molar-refractivity contribution is -0.138. The largest absolute Gasteiger partial charge is 0.496 e. The van der Waals surface area contributed by atoms with E-state index in [2.05, 4.69) is 21.2 Å². The highest BCUT2D eigenvalue weighted by molar-refractivity contribution is 9.10. The predicted molar refractivity (Wildman–Crippen MR) is 81.1 cm³/mol. The van der Waals surface area contributed by atoms with Crippen LogP contribution in [0.2, 0.25) is 0 Å². The van der Waals surface area contributed by atoms with Gasteiger partial charge in [-0.25, -0.2) is 4.79 Å². The van der Waals surface area contributed by atoms with Crippen molar-refractivity contribution in [3.8, 4) is 5.75 Å². The molecule has 0 aromatic heterocycles. The number of halogens is 1. The lowest BCUT2D eigenvalue weighted by Crippen LogP contribution is -2.21. The second-order valence-electron chi connectivity index (χ2n) is 4.17. The molecule has 0 radical (unpaired) electrons. The second kappa shape index (κ2) is 6.43. The molecule has 0 bridgehead atoms. The maximum absolute atomic E-state index is 11.6. The zero-order valence-corrected chi connectivity index (χ0v) is 12.4. The molecule has 2 aromatic rings. The SMILES string of the molecule is COc1ccc(Br)cc1C(Nc1ccccc1)C(=O)O. The molecule has 0 heterocycles. The fourth-order valence-electron chi connectivity index (χ4n) is 1.90. The summed E-state index contributed by atoms with van der Waals surface area (Å²) in [6.45, 7) is 0. The third-order valence-electron chi connectivity index (χ3n) is 2.83. The van der Waals surface area contributed by atoms with Gasteiger partial charge >= 0.3 is 5.97 Å². The molecule has 0 aliphatic carbocycles. The Bertz CT molecular complexity index is 601. The van der Waals surface area contributed by atoms with E-state index in [1.807, 2.05) is 36.4 Å². The first-order valence-electron chi connectivity index (χ1n) is 5.99. The summed E-state index contributed by atoms with van der Waals surface area (Å²) in [6, 6.07) is 13.6. The standard InChI is InChI=1S/C15H14BrNO3/c1-20-13-8-7-10(16)9-12(13)14(15(18)19)17-11-5-3-2-4-6-11/h2-9,14,17H,1H3,(H,18,19). The van der Waals surface area contributed by atoms with Crippen LogP contribution in [-0.4, -0.2) is 18.2 Å². The number of hydrogen-bond donors (Lipinski definition) is 2. The third-order valence-corrected chi connectivity index (χ3v) is 3.33. The molecule has 0 saturated carbocycles. The highest BCUT2D eigenvalue weighted by Crippen LogP contribution is 2.31. The van der Waals surface area contributed by atoms with E-state index in [-0.39, 0.29) is 0 Å². The Morgan fingerprint density at radius 3 is 2.55 bits per heavy atom. The zero-order valence-electron chi connectivity index (χ0n) is 10.8. The van der Waals surface area contributed by atoms with Crippen molar-refractivity contribution in [2.75, 3.05) is 12.4 Å². The summed E-state index contributed by atoms with van der Waals surface area (Å²) in [5, 5.41) is 12.5. The van der Waals surface area contributed by atoms with E-state index in [0.717, 1.165) is 10.2 Å². The molecule has 0 spiro atoms. The fourth-order valence-corrected chi connectivity index (χ4v) is 2.28. The molecule has 0 aliphatic rings. The Morgan fingerprint density at radius 2 is 1.95 bits per heavy atom. The molecule has 0 aliphatic heterocycles. The van der Waals surface area contributed by atoms with Gasteiger partial charge in [-0.15, -0.1) is 0 Å². The number of carbonyl (C=O) groups is 1. The minimum Gasteiger partial charge on any atom is -0.496 e. The first-order valence-corrected chi connectivity index (χ1v) is 6.79. The minimum atomic E-state index is -0.967. The number of aliphatic carboxylic acids is 1. The molecule has 0 fully saturated rings. The summed E-state index contributed by atoms with van der Waals surface area (Å²) in [5.41, 5.74) is 1.31. The number of nitrogens with one attached hydrogen (secondary N) is 1. The van der Waals surface area contributed by atoms with Gasteiger partial charge in [0.15, 0.2) is 6.04 Å². The van der Waals surface area contributed by atoms with E-state index in [9.17, 15) is 9.90 Å². The number of ether oxygens (including phenoxy) is 1. The van der Waals surface area contributed by atoms with Gasteiger partial charge in [-0.05, 0) is 30.3 Å². The number of para-hydroxylation sites is 1. The fraction of sp³-hybridized carbons (Fsp3) is 0.133. The van der Waals surface area contributed by atoms with Crippen LogP contribution >= 0.6 is 15.9 Å². The van der Waals surface area contributed by atoms with Gasteiger partial charge in [-0.2, -0.15) is 0 Å². The molecular formula is C15H14BrNO3. The number of carboxylic acids is 1. The monoisotopic (exact) mass is 335 g/mol. The average Bonchev–Trinajstić information content (AvgIpc) is 2.45. The maximum Gasteiger partial charge on any atom is 0.330 e. The molecule has 2 N–H and O–H groups in total. The number of rotatable bonds is 5. The molecule has 2 rings (SSSR count). The number of hydrogen-bond acceptors (Lipinski definition) is 3. The molecule has 4 nitrogen and oxygen atoms in total. The average molecular weight is 336 g/mol. The van der Waals surface area contributed by atoms with Crippen LogP contribution in [0.4, 0.5) is 5.69 Å². The Balaban J connectivity index is 2.38. The Labute approximate surface area is 125 Å². The Kier molecular flexibility index (Phi) is 4.63. The van der Waals surface area contributed by atoms with Crippen LogP contribution in [0.5, 0.6) is 5.75 Å². The van der Waals surface area contributed by atoms with Gasteiger partial charge in [0.25, 0.3) is 0 Å². The molecule has 2 aromatic carbocycles. The predicted octanol–water partition coefficient (Wildman–Crippen LogP) is 3.70. The van der Waals surface area contributed by atoms with Crippen molar-refractivity contribution in [3.63, 3.8) is 0 Å². The van der Waals surface area contributed by atoms with Gasteiger partial charge < -0.3 is 15.2 Å². The molecule has 1 unspecified atom stereocenters. The first-order chi connectivity index (χ1) is 9.61. The van der Waals surface area contributed by atoms with Gasteiger partial charge in [0.2, 0.25) is 0 Å². The number of benzene rings is 2. The number of carboxylic acid groups (broad SMARTS) is 1. The second-order valence-corrected chi connectivity index (χ2v) is 5.08. The molecule has 0 amide bonds. The van der Waals surface area contributed by atoms with Gasteiger partial charge in [-0.3, -0.25) is 0 Å². The molecule has 5 heteroatoms. The van der Waals surface area contributed by atoms with E-state index in [1.165, 1.54) is 7.11 Å². The quantitative estimate of drug-likeness (QED) is 0.874. The van der Waals surface area contributed by atoms with Crippen LogP contribution in [0.15, 0.2) is 53.0 Å². The minimum absolute atomic E-state index is 0.532. The summed E-state index contributed by atoms with van der Waals surface area (Å²) in [5.74, 6) is -0.436. The Morgan fingerprint density at radius 1 is 1.25 bits per heavy atom. The smallest absolute Gasteiger partial charge is 0.330 e. The van der Waals surface area contributed by atoms with Crippen molar-refractivity contribution in [3.05, 3.63) is 58.6 Å². The first kappa shape index (κ1) is 14.4. The highest BCUT2D eigenvalue weighted by atomic mass is 79.9. The lowest BCUT2D eigenvalue weighted by atomic mass is 10.1. The maximum atomic E-state index is 11.6. The summed E-state index contributed by atoms with van der Waals surface area (Å²) >= 11 is 3.35. The molecule has 104 valence electrons. The van der Waals surface area contributed by atoms with Crippen molar-refractivity contribution in [1.29, 1.82) is 0 Å². The molecule has 0 saturated heterocycles. The summed E-state index contributed by atoms with van der Waals surface area (Å²) in [4.78, 5) is 11.6. The van der Waals surface area contributed by atoms with Crippen LogP contribution in [0.3, 0.4) is 0 Å². The van der Waals surface area contributed by atoms with Crippen LogP contribution < -0.4 is 10.1 Å². The van der Waals surface area contributed by atoms with E-state index >= 15 is 0 Å². The molecular weight excluding hydrogens is 322 g/mol. The van der Waals surface area contributed by atoms with E-state index in [1.54, 1.807) is 12.1 Å². The summed E-state index contributed by atoms with van der Waals surface area (Å²) < 4.78 is 6.05. The van der Waals surface area contributed by atoms with Gasteiger partial charge in [0.05, 0.1) is 7.11 Å². The van der Waals surface area contributed by atoms with E-state index in [0.29, 0.717) is 11.3 Å². The van der Waals surface area contributed by atoms with Crippen molar-refractivity contribution in [2.45, 2.75) is 6.04 Å². The summed E-state index contributed by atoms with van der Waals surface area (Å²) in [6.07, 6.45) is 0. The lowest BCUT2D eigenvalue weighted by Gasteiger charge is -2.19. The van der Waals surface area contributed by atoms with Gasteiger partial charge in [0.1, 0.15) is 5.75 Å². The third kappa shape index (κ3) is 3.30. The van der Waals surface area contributed by atoms with Crippen LogP contribution in [0.25, 0.3) is 0 Å². The molecule has 1 atom stereocenters. The van der Waals surface area contributed by atoms with Crippen LogP contribution in [0, 0.1) is 0 Å². The van der Waals surface area contributed by atoms with Crippen molar-refractivity contribution in [1.82, 2.24) is 0 Å². The van der Waals surface area contributed by atoms with E-state index < -0.39 is 12.0 Å². The number of anilines is 1. The van der Waals surface area contributed by atoms with Crippen molar-refractivity contribution < 1.29 is 14.6 Å². The van der Waals surface area contributed by atoms with Gasteiger partial charge in [0, 0.05) is 15.7 Å². The van der Waals surface area contributed by atoms with Crippen molar-refractivity contribution in [2.24, 2.45) is 0 Å². The summed E-state index contributed by atoms with van der Waals surface area (Å²) in [7, 11) is 1.52.